The fraction of sp³-hybridized carbons (Fsp3) is 0.391. The van der Waals surface area contributed by atoms with Crippen LogP contribution in [0.2, 0.25) is 5.02 Å². The Balaban J connectivity index is 2.08. The zero-order chi connectivity index (χ0) is 20.4. The maximum absolute atomic E-state index is 13.0. The summed E-state index contributed by atoms with van der Waals surface area (Å²) in [6.45, 7) is 4.91. The molecule has 1 atom stereocenters. The van der Waals surface area contributed by atoms with Gasteiger partial charge in [0.1, 0.15) is 6.04 Å². The van der Waals surface area contributed by atoms with Gasteiger partial charge in [0.2, 0.25) is 11.8 Å². The Morgan fingerprint density at radius 1 is 1.07 bits per heavy atom. The van der Waals surface area contributed by atoms with E-state index in [1.54, 1.807) is 11.8 Å². The molecule has 2 amide bonds. The van der Waals surface area contributed by atoms with E-state index in [9.17, 15) is 9.59 Å². The maximum atomic E-state index is 13.0. The first-order valence-corrected chi connectivity index (χ1v) is 10.2. The van der Waals surface area contributed by atoms with Crippen molar-refractivity contribution < 1.29 is 9.59 Å². The number of halogens is 1. The number of amides is 2. The lowest BCUT2D eigenvalue weighted by molar-refractivity contribution is -0.140. The van der Waals surface area contributed by atoms with E-state index in [0.717, 1.165) is 24.0 Å². The molecule has 0 heterocycles. The third-order valence-corrected chi connectivity index (χ3v) is 5.13. The van der Waals surface area contributed by atoms with Gasteiger partial charge in [-0.2, -0.15) is 0 Å². The number of hydrogen-bond donors (Lipinski definition) is 1. The van der Waals surface area contributed by atoms with Crippen molar-refractivity contribution in [2.24, 2.45) is 0 Å². The van der Waals surface area contributed by atoms with E-state index in [-0.39, 0.29) is 11.8 Å². The first kappa shape index (κ1) is 22.0. The summed E-state index contributed by atoms with van der Waals surface area (Å²) in [6.07, 6.45) is 2.80. The summed E-state index contributed by atoms with van der Waals surface area (Å²) in [6, 6.07) is 16.8. The average Bonchev–Trinajstić information content (AvgIpc) is 2.71. The van der Waals surface area contributed by atoms with E-state index in [2.05, 4.69) is 12.2 Å². The number of aryl methyl sites for hydroxylation is 1. The van der Waals surface area contributed by atoms with E-state index in [1.807, 2.05) is 54.6 Å². The first-order chi connectivity index (χ1) is 13.5. The average molecular weight is 401 g/mol. The lowest BCUT2D eigenvalue weighted by Crippen LogP contribution is -2.47. The van der Waals surface area contributed by atoms with Crippen molar-refractivity contribution in [1.29, 1.82) is 0 Å². The van der Waals surface area contributed by atoms with Gasteiger partial charge in [-0.05, 0) is 37.0 Å². The number of benzene rings is 2. The molecule has 150 valence electrons. The van der Waals surface area contributed by atoms with E-state index in [0.29, 0.717) is 31.0 Å². The Labute approximate surface area is 172 Å². The molecule has 4 nitrogen and oxygen atoms in total. The van der Waals surface area contributed by atoms with E-state index in [1.165, 1.54) is 0 Å². The van der Waals surface area contributed by atoms with E-state index in [4.69, 9.17) is 11.6 Å². The Morgan fingerprint density at radius 3 is 2.43 bits per heavy atom. The minimum atomic E-state index is -0.532. The summed E-state index contributed by atoms with van der Waals surface area (Å²) >= 11 is 6.21. The number of rotatable bonds is 10. The van der Waals surface area contributed by atoms with Crippen LogP contribution in [0.4, 0.5) is 0 Å². The molecular formula is C23H29ClN2O2. The summed E-state index contributed by atoms with van der Waals surface area (Å²) in [7, 11) is 0. The minimum absolute atomic E-state index is 0.0538. The summed E-state index contributed by atoms with van der Waals surface area (Å²) < 4.78 is 0. The van der Waals surface area contributed by atoms with Crippen LogP contribution in [-0.4, -0.2) is 29.3 Å². The van der Waals surface area contributed by atoms with Gasteiger partial charge < -0.3 is 10.2 Å². The molecule has 0 aliphatic carbocycles. The predicted octanol–water partition coefficient (Wildman–Crippen LogP) is 4.61. The molecule has 1 N–H and O–H groups in total. The highest BCUT2D eigenvalue weighted by atomic mass is 35.5. The van der Waals surface area contributed by atoms with Crippen molar-refractivity contribution in [2.45, 2.75) is 52.1 Å². The van der Waals surface area contributed by atoms with Gasteiger partial charge in [-0.1, -0.05) is 73.5 Å². The standard InChI is InChI=1S/C23H29ClN2O2/c1-3-4-16-25-23(28)18(2)26(17-19-10-6-5-7-11-19)22(27)15-14-20-12-8-9-13-21(20)24/h5-13,18H,3-4,14-17H2,1-2H3,(H,25,28)/t18-/m1/s1. The molecule has 0 aliphatic heterocycles. The molecule has 2 aromatic carbocycles. The molecular weight excluding hydrogens is 372 g/mol. The Bertz CT molecular complexity index is 764. The largest absolute Gasteiger partial charge is 0.354 e. The fourth-order valence-corrected chi connectivity index (χ4v) is 3.22. The first-order valence-electron chi connectivity index (χ1n) is 9.87. The molecule has 0 saturated carbocycles. The summed E-state index contributed by atoms with van der Waals surface area (Å²) in [5.74, 6) is -0.169. The fourth-order valence-electron chi connectivity index (χ4n) is 2.99. The molecule has 0 unspecified atom stereocenters. The van der Waals surface area contributed by atoms with Crippen molar-refractivity contribution in [3.63, 3.8) is 0 Å². The normalized spacial score (nSPS) is 11.7. The zero-order valence-corrected chi connectivity index (χ0v) is 17.4. The summed E-state index contributed by atoms with van der Waals surface area (Å²) in [5, 5.41) is 3.60. The Morgan fingerprint density at radius 2 is 1.75 bits per heavy atom. The van der Waals surface area contributed by atoms with Gasteiger partial charge in [0.05, 0.1) is 0 Å². The van der Waals surface area contributed by atoms with Crippen LogP contribution < -0.4 is 5.32 Å². The zero-order valence-electron chi connectivity index (χ0n) is 16.7. The van der Waals surface area contributed by atoms with E-state index >= 15 is 0 Å². The van der Waals surface area contributed by atoms with Crippen LogP contribution in [0, 0.1) is 0 Å². The molecule has 0 aromatic heterocycles. The third-order valence-electron chi connectivity index (χ3n) is 4.76. The molecule has 0 bridgehead atoms. The van der Waals surface area contributed by atoms with Gasteiger partial charge in [-0.25, -0.2) is 0 Å². The second-order valence-corrected chi connectivity index (χ2v) is 7.33. The molecule has 0 aliphatic rings. The van der Waals surface area contributed by atoms with Gasteiger partial charge in [-0.15, -0.1) is 0 Å². The van der Waals surface area contributed by atoms with Crippen LogP contribution in [0.25, 0.3) is 0 Å². The van der Waals surface area contributed by atoms with Crippen LogP contribution in [0.5, 0.6) is 0 Å². The lowest BCUT2D eigenvalue weighted by atomic mass is 10.1. The predicted molar refractivity (Wildman–Crippen MR) is 114 cm³/mol. The number of hydrogen-bond acceptors (Lipinski definition) is 2. The smallest absolute Gasteiger partial charge is 0.242 e. The number of nitrogens with zero attached hydrogens (tertiary/aromatic N) is 1. The maximum Gasteiger partial charge on any atom is 0.242 e. The molecule has 0 fully saturated rings. The lowest BCUT2D eigenvalue weighted by Gasteiger charge is -2.29. The number of unbranched alkanes of at least 4 members (excludes halogenated alkanes) is 1. The number of carbonyl (C=O) groups excluding carboxylic acids is 2. The van der Waals surface area contributed by atoms with Crippen LogP contribution >= 0.6 is 11.6 Å². The molecule has 0 spiro atoms. The van der Waals surface area contributed by atoms with E-state index < -0.39 is 6.04 Å². The number of carbonyl (C=O) groups is 2. The number of nitrogens with one attached hydrogen (secondary N) is 1. The highest BCUT2D eigenvalue weighted by Crippen LogP contribution is 2.18. The highest BCUT2D eigenvalue weighted by molar-refractivity contribution is 6.31. The van der Waals surface area contributed by atoms with Crippen molar-refractivity contribution in [3.8, 4) is 0 Å². The summed E-state index contributed by atoms with van der Waals surface area (Å²) in [5.41, 5.74) is 1.94. The van der Waals surface area contributed by atoms with Crippen LogP contribution in [0.1, 0.15) is 44.2 Å². The summed E-state index contributed by atoms with van der Waals surface area (Å²) in [4.78, 5) is 27.2. The van der Waals surface area contributed by atoms with Gasteiger partial charge in [0.25, 0.3) is 0 Å². The molecule has 2 rings (SSSR count). The minimum Gasteiger partial charge on any atom is -0.354 e. The highest BCUT2D eigenvalue weighted by Gasteiger charge is 2.25. The van der Waals surface area contributed by atoms with Crippen LogP contribution in [0.15, 0.2) is 54.6 Å². The Hall–Kier alpha value is -2.33. The van der Waals surface area contributed by atoms with Crippen molar-refractivity contribution >= 4 is 23.4 Å². The molecule has 0 radical (unpaired) electrons. The molecule has 28 heavy (non-hydrogen) atoms. The topological polar surface area (TPSA) is 49.4 Å². The monoisotopic (exact) mass is 400 g/mol. The van der Waals surface area contributed by atoms with Crippen LogP contribution in [0.3, 0.4) is 0 Å². The second kappa shape index (κ2) is 11.5. The quantitative estimate of drug-likeness (QED) is 0.592. The third kappa shape index (κ3) is 6.68. The molecule has 0 saturated heterocycles. The van der Waals surface area contributed by atoms with Crippen molar-refractivity contribution in [1.82, 2.24) is 10.2 Å². The molecule has 2 aromatic rings. The van der Waals surface area contributed by atoms with Gasteiger partial charge in [0, 0.05) is 24.5 Å². The Kier molecular flexibility index (Phi) is 9.02. The SMILES string of the molecule is CCCCNC(=O)[C@@H](C)N(Cc1ccccc1)C(=O)CCc1ccccc1Cl. The van der Waals surface area contributed by atoms with Gasteiger partial charge in [-0.3, -0.25) is 9.59 Å². The molecule has 5 heteroatoms. The second-order valence-electron chi connectivity index (χ2n) is 6.92. The van der Waals surface area contributed by atoms with Crippen molar-refractivity contribution in [3.05, 3.63) is 70.7 Å². The van der Waals surface area contributed by atoms with Crippen LogP contribution in [-0.2, 0) is 22.6 Å². The van der Waals surface area contributed by atoms with Gasteiger partial charge >= 0.3 is 0 Å². The van der Waals surface area contributed by atoms with Crippen molar-refractivity contribution in [2.75, 3.05) is 6.54 Å². The van der Waals surface area contributed by atoms with Gasteiger partial charge in [0.15, 0.2) is 0 Å².